The Kier molecular flexibility index (Phi) is 7.21. The zero-order valence-corrected chi connectivity index (χ0v) is 22.8. The molecule has 0 radical (unpaired) electrons. The summed E-state index contributed by atoms with van der Waals surface area (Å²) >= 11 is 0. The quantitative estimate of drug-likeness (QED) is 0.285. The first-order valence-corrected chi connectivity index (χ1v) is 14.5. The van der Waals surface area contributed by atoms with E-state index in [0.29, 0.717) is 29.8 Å². The maximum atomic E-state index is 13.3. The fourth-order valence-electron chi connectivity index (χ4n) is 4.92. The van der Waals surface area contributed by atoms with Crippen molar-refractivity contribution in [2.75, 3.05) is 4.72 Å². The first-order valence-electron chi connectivity index (χ1n) is 13.0. The molecule has 1 aliphatic rings. The normalized spacial score (nSPS) is 13.8. The predicted octanol–water partition coefficient (Wildman–Crippen LogP) is 5.87. The molecule has 0 spiro atoms. The summed E-state index contributed by atoms with van der Waals surface area (Å²) in [6.45, 7) is 6.18. The van der Waals surface area contributed by atoms with Gasteiger partial charge in [-0.05, 0) is 56.7 Å². The van der Waals surface area contributed by atoms with Gasteiger partial charge in [-0.2, -0.15) is 0 Å². The summed E-state index contributed by atoms with van der Waals surface area (Å²) in [5.74, 6) is 1.25. The summed E-state index contributed by atoms with van der Waals surface area (Å²) in [6, 6.07) is 14.7. The van der Waals surface area contributed by atoms with E-state index in [2.05, 4.69) is 21.4 Å². The molecule has 2 aromatic heterocycles. The SMILES string of the molecule is CCCc1nc2c(n1Cc1ccc(-c3ccccc3S(=O)(=O)Nc3onc(C)c3C)cc1)C(=O)CCCC2. The zero-order valence-electron chi connectivity index (χ0n) is 22.0. The van der Waals surface area contributed by atoms with Crippen LogP contribution < -0.4 is 4.72 Å². The molecule has 198 valence electrons. The van der Waals surface area contributed by atoms with Crippen molar-refractivity contribution in [2.24, 2.45) is 0 Å². The average molecular weight is 533 g/mol. The highest BCUT2D eigenvalue weighted by Crippen LogP contribution is 2.31. The third-order valence-corrected chi connectivity index (χ3v) is 8.48. The van der Waals surface area contributed by atoms with E-state index in [4.69, 9.17) is 9.51 Å². The Morgan fingerprint density at radius 2 is 1.76 bits per heavy atom. The minimum absolute atomic E-state index is 0.115. The number of aromatic nitrogens is 3. The summed E-state index contributed by atoms with van der Waals surface area (Å²) < 4.78 is 36.4. The van der Waals surface area contributed by atoms with Gasteiger partial charge in [-0.1, -0.05) is 54.5 Å². The minimum Gasteiger partial charge on any atom is -0.337 e. The van der Waals surface area contributed by atoms with E-state index in [-0.39, 0.29) is 16.6 Å². The number of benzene rings is 2. The van der Waals surface area contributed by atoms with Crippen molar-refractivity contribution in [3.63, 3.8) is 0 Å². The summed E-state index contributed by atoms with van der Waals surface area (Å²) in [5, 5.41) is 3.84. The van der Waals surface area contributed by atoms with Gasteiger partial charge in [0.15, 0.2) is 5.78 Å². The van der Waals surface area contributed by atoms with Crippen molar-refractivity contribution in [3.05, 3.63) is 82.6 Å². The molecule has 1 aliphatic carbocycles. The molecule has 4 aromatic rings. The Morgan fingerprint density at radius 3 is 2.47 bits per heavy atom. The molecule has 0 atom stereocenters. The van der Waals surface area contributed by atoms with Gasteiger partial charge in [0, 0.05) is 30.5 Å². The summed E-state index contributed by atoms with van der Waals surface area (Å²) in [7, 11) is -3.92. The summed E-state index contributed by atoms with van der Waals surface area (Å²) in [4.78, 5) is 17.9. The molecule has 0 bridgehead atoms. The number of imidazole rings is 1. The van der Waals surface area contributed by atoms with Gasteiger partial charge in [0.05, 0.1) is 16.3 Å². The van der Waals surface area contributed by atoms with Crippen LogP contribution >= 0.6 is 0 Å². The Morgan fingerprint density at radius 1 is 1.03 bits per heavy atom. The number of rotatable bonds is 8. The Balaban J connectivity index is 1.45. The lowest BCUT2D eigenvalue weighted by atomic mass is 10.0. The lowest BCUT2D eigenvalue weighted by molar-refractivity contribution is 0.0973. The smallest absolute Gasteiger partial charge is 0.264 e. The molecule has 5 rings (SSSR count). The van der Waals surface area contributed by atoms with Crippen LogP contribution in [-0.4, -0.2) is 28.9 Å². The highest BCUT2D eigenvalue weighted by atomic mass is 32.2. The number of ketones is 1. The molecule has 0 aliphatic heterocycles. The van der Waals surface area contributed by atoms with Gasteiger partial charge in [0.1, 0.15) is 11.5 Å². The van der Waals surface area contributed by atoms with Crippen molar-refractivity contribution in [1.82, 2.24) is 14.7 Å². The van der Waals surface area contributed by atoms with Crippen LogP contribution in [0.4, 0.5) is 5.88 Å². The average Bonchev–Trinajstić information content (AvgIpc) is 3.33. The molecule has 0 unspecified atom stereocenters. The molecule has 0 saturated heterocycles. The lowest BCUT2D eigenvalue weighted by Crippen LogP contribution is -2.14. The topological polar surface area (TPSA) is 107 Å². The van der Waals surface area contributed by atoms with E-state index in [1.165, 1.54) is 0 Å². The predicted molar refractivity (Wildman–Crippen MR) is 146 cm³/mol. The van der Waals surface area contributed by atoms with Gasteiger partial charge in [-0.25, -0.2) is 18.1 Å². The van der Waals surface area contributed by atoms with Gasteiger partial charge in [0.2, 0.25) is 5.88 Å². The van der Waals surface area contributed by atoms with Crippen LogP contribution in [0, 0.1) is 13.8 Å². The van der Waals surface area contributed by atoms with Gasteiger partial charge < -0.3 is 9.09 Å². The Labute approximate surface area is 223 Å². The van der Waals surface area contributed by atoms with Gasteiger partial charge in [0.25, 0.3) is 10.0 Å². The van der Waals surface area contributed by atoms with Crippen LogP contribution in [-0.2, 0) is 29.4 Å². The number of hydrogen-bond donors (Lipinski definition) is 1. The zero-order chi connectivity index (χ0) is 26.9. The van der Waals surface area contributed by atoms with E-state index in [0.717, 1.165) is 60.4 Å². The number of nitrogens with one attached hydrogen (secondary N) is 1. The molecule has 0 saturated carbocycles. The standard InChI is InChI=1S/C29H32N4O4S/c1-4-9-27-30-24-11-6-7-12-25(34)28(24)33(27)18-21-14-16-22(17-15-21)23-10-5-8-13-26(23)38(35,36)32-29-19(2)20(3)31-37-29/h5,8,10,13-17,32H,4,6-7,9,11-12,18H2,1-3H3. The molecule has 1 N–H and O–H groups in total. The lowest BCUT2D eigenvalue weighted by Gasteiger charge is -2.14. The van der Waals surface area contributed by atoms with Crippen molar-refractivity contribution in [1.29, 1.82) is 0 Å². The van der Waals surface area contributed by atoms with E-state index < -0.39 is 10.0 Å². The van der Waals surface area contributed by atoms with Gasteiger partial charge >= 0.3 is 0 Å². The second-order valence-corrected chi connectivity index (χ2v) is 11.5. The number of nitrogens with zero attached hydrogens (tertiary/aromatic N) is 3. The first kappa shape index (κ1) is 25.9. The number of carbonyl (C=O) groups is 1. The molecule has 38 heavy (non-hydrogen) atoms. The second kappa shape index (κ2) is 10.6. The number of carbonyl (C=O) groups excluding carboxylic acids is 1. The van der Waals surface area contributed by atoms with E-state index in [1.54, 1.807) is 32.0 Å². The highest BCUT2D eigenvalue weighted by Gasteiger charge is 2.25. The largest absolute Gasteiger partial charge is 0.337 e. The van der Waals surface area contributed by atoms with E-state index in [1.807, 2.05) is 30.3 Å². The number of anilines is 1. The molecule has 8 nitrogen and oxygen atoms in total. The number of sulfonamides is 1. The maximum absolute atomic E-state index is 13.3. The third kappa shape index (κ3) is 5.03. The summed E-state index contributed by atoms with van der Waals surface area (Å²) in [6.07, 6.45) is 5.07. The van der Waals surface area contributed by atoms with Crippen molar-refractivity contribution in [3.8, 4) is 11.1 Å². The molecule has 2 heterocycles. The Hall–Kier alpha value is -3.72. The van der Waals surface area contributed by atoms with Crippen molar-refractivity contribution in [2.45, 2.75) is 70.7 Å². The van der Waals surface area contributed by atoms with E-state index >= 15 is 0 Å². The maximum Gasteiger partial charge on any atom is 0.264 e. The van der Waals surface area contributed by atoms with Crippen molar-refractivity contribution < 1.29 is 17.7 Å². The van der Waals surface area contributed by atoms with Crippen LogP contribution in [0.5, 0.6) is 0 Å². The molecular weight excluding hydrogens is 500 g/mol. The van der Waals surface area contributed by atoms with Crippen molar-refractivity contribution >= 4 is 21.7 Å². The highest BCUT2D eigenvalue weighted by molar-refractivity contribution is 7.92. The second-order valence-electron chi connectivity index (χ2n) is 9.81. The Bertz CT molecular complexity index is 1580. The number of Topliss-reactive ketones (excluding diaryl/α,β-unsaturated/α-hetero) is 1. The molecule has 0 amide bonds. The minimum atomic E-state index is -3.92. The van der Waals surface area contributed by atoms with Crippen LogP contribution in [0.2, 0.25) is 0 Å². The number of hydrogen-bond acceptors (Lipinski definition) is 6. The van der Waals surface area contributed by atoms with Gasteiger partial charge in [-0.3, -0.25) is 4.79 Å². The van der Waals surface area contributed by atoms with Crippen LogP contribution in [0.1, 0.15) is 71.4 Å². The molecule has 9 heteroatoms. The number of aryl methyl sites for hydroxylation is 3. The molecular formula is C29H32N4O4S. The van der Waals surface area contributed by atoms with Crippen LogP contribution in [0.25, 0.3) is 11.1 Å². The van der Waals surface area contributed by atoms with E-state index in [9.17, 15) is 13.2 Å². The third-order valence-electron chi connectivity index (χ3n) is 7.09. The monoisotopic (exact) mass is 532 g/mol. The number of fused-ring (bicyclic) bond motifs is 1. The summed E-state index contributed by atoms with van der Waals surface area (Å²) in [5.41, 5.74) is 5.34. The van der Waals surface area contributed by atoms with Crippen LogP contribution in [0.15, 0.2) is 57.9 Å². The fraction of sp³-hybridized carbons (Fsp3) is 0.345. The van der Waals surface area contributed by atoms with Gasteiger partial charge in [-0.15, -0.1) is 0 Å². The molecule has 2 aromatic carbocycles. The molecule has 0 fully saturated rings. The fourth-order valence-corrected chi connectivity index (χ4v) is 6.20. The first-order chi connectivity index (χ1) is 18.3. The van der Waals surface area contributed by atoms with Crippen LogP contribution in [0.3, 0.4) is 0 Å².